The van der Waals surface area contributed by atoms with Gasteiger partial charge in [0.25, 0.3) is 0 Å². The predicted octanol–water partition coefficient (Wildman–Crippen LogP) is 3.83. The third-order valence-corrected chi connectivity index (χ3v) is 3.61. The lowest BCUT2D eigenvalue weighted by atomic mass is 10.3. The van der Waals surface area contributed by atoms with Gasteiger partial charge in [0.2, 0.25) is 0 Å². The second-order valence-corrected chi connectivity index (χ2v) is 5.39. The first-order chi connectivity index (χ1) is 9.10. The molecule has 0 spiro atoms. The average Bonchev–Trinajstić information content (AvgIpc) is 2.33. The number of hydrogen-bond donors (Lipinski definition) is 1. The largest absolute Gasteiger partial charge is 0.492 e. The van der Waals surface area contributed by atoms with Crippen molar-refractivity contribution in [1.82, 2.24) is 4.98 Å². The van der Waals surface area contributed by atoms with Crippen LogP contribution in [0.3, 0.4) is 0 Å². The molecule has 4 heteroatoms. The number of nitrogens with two attached hydrogens (primary N) is 1. The first-order valence-corrected chi connectivity index (χ1v) is 7.06. The van der Waals surface area contributed by atoms with Crippen molar-refractivity contribution >= 4 is 17.4 Å². The van der Waals surface area contributed by atoms with Crippen molar-refractivity contribution in [1.29, 1.82) is 0 Å². The number of aromatic nitrogens is 1. The van der Waals surface area contributed by atoms with E-state index in [1.807, 2.05) is 32.0 Å². The van der Waals surface area contributed by atoms with Crippen LogP contribution >= 0.6 is 11.8 Å². The molecule has 1 aromatic heterocycles. The van der Waals surface area contributed by atoms with Gasteiger partial charge in [-0.1, -0.05) is 17.8 Å². The van der Waals surface area contributed by atoms with Gasteiger partial charge in [-0.3, -0.25) is 0 Å². The molecular formula is C15H18N2OS. The summed E-state index contributed by atoms with van der Waals surface area (Å²) < 4.78 is 5.50. The van der Waals surface area contributed by atoms with Gasteiger partial charge in [-0.05, 0) is 50.6 Å². The summed E-state index contributed by atoms with van der Waals surface area (Å²) in [6, 6.07) is 9.94. The highest BCUT2D eigenvalue weighted by molar-refractivity contribution is 7.99. The molecule has 0 aliphatic carbocycles. The van der Waals surface area contributed by atoms with Crippen LogP contribution in [0.1, 0.15) is 18.2 Å². The second kappa shape index (κ2) is 5.97. The molecule has 0 amide bonds. The molecule has 2 N–H and O–H groups in total. The summed E-state index contributed by atoms with van der Waals surface area (Å²) in [6.45, 7) is 6.63. The Kier molecular flexibility index (Phi) is 4.32. The lowest BCUT2D eigenvalue weighted by molar-refractivity contribution is 0.341. The van der Waals surface area contributed by atoms with Gasteiger partial charge in [-0.15, -0.1) is 0 Å². The van der Waals surface area contributed by atoms with E-state index in [0.29, 0.717) is 12.3 Å². The van der Waals surface area contributed by atoms with Crippen molar-refractivity contribution in [3.05, 3.63) is 41.6 Å². The Labute approximate surface area is 118 Å². The number of aryl methyl sites for hydroxylation is 2. The van der Waals surface area contributed by atoms with Crippen molar-refractivity contribution in [3.8, 4) is 5.75 Å². The monoisotopic (exact) mass is 274 g/mol. The Morgan fingerprint density at radius 3 is 2.74 bits per heavy atom. The van der Waals surface area contributed by atoms with E-state index >= 15 is 0 Å². The van der Waals surface area contributed by atoms with Gasteiger partial charge in [0.1, 0.15) is 10.8 Å². The molecule has 19 heavy (non-hydrogen) atoms. The molecule has 3 nitrogen and oxygen atoms in total. The number of anilines is 1. The first-order valence-electron chi connectivity index (χ1n) is 6.24. The van der Waals surface area contributed by atoms with Crippen molar-refractivity contribution in [2.75, 3.05) is 12.3 Å². The van der Waals surface area contributed by atoms with Crippen molar-refractivity contribution in [2.45, 2.75) is 30.7 Å². The fourth-order valence-electron chi connectivity index (χ4n) is 1.86. The van der Waals surface area contributed by atoms with Crippen LogP contribution in [0, 0.1) is 13.8 Å². The van der Waals surface area contributed by atoms with E-state index in [2.05, 4.69) is 24.0 Å². The Bertz CT molecular complexity index is 564. The third-order valence-electron chi connectivity index (χ3n) is 2.61. The normalized spacial score (nSPS) is 10.5. The van der Waals surface area contributed by atoms with Crippen LogP contribution in [-0.4, -0.2) is 11.6 Å². The Balaban J connectivity index is 2.30. The van der Waals surface area contributed by atoms with Crippen LogP contribution in [0.15, 0.2) is 40.3 Å². The van der Waals surface area contributed by atoms with Gasteiger partial charge in [0.05, 0.1) is 12.3 Å². The number of rotatable bonds is 4. The molecule has 0 fully saturated rings. The highest BCUT2D eigenvalue weighted by Crippen LogP contribution is 2.36. The first kappa shape index (κ1) is 13.7. The van der Waals surface area contributed by atoms with Gasteiger partial charge in [0, 0.05) is 10.6 Å². The maximum Gasteiger partial charge on any atom is 0.143 e. The van der Waals surface area contributed by atoms with Crippen molar-refractivity contribution in [2.24, 2.45) is 0 Å². The smallest absolute Gasteiger partial charge is 0.143 e. The van der Waals surface area contributed by atoms with E-state index in [-0.39, 0.29) is 0 Å². The van der Waals surface area contributed by atoms with Crippen LogP contribution in [0.2, 0.25) is 0 Å². The van der Waals surface area contributed by atoms with Crippen molar-refractivity contribution < 1.29 is 4.74 Å². The van der Waals surface area contributed by atoms with E-state index in [1.54, 1.807) is 11.8 Å². The van der Waals surface area contributed by atoms with Gasteiger partial charge >= 0.3 is 0 Å². The molecule has 0 bridgehead atoms. The van der Waals surface area contributed by atoms with Gasteiger partial charge in [-0.2, -0.15) is 0 Å². The third kappa shape index (κ3) is 3.41. The second-order valence-electron chi connectivity index (χ2n) is 4.33. The van der Waals surface area contributed by atoms with Crippen LogP contribution in [-0.2, 0) is 0 Å². The summed E-state index contributed by atoms with van der Waals surface area (Å²) in [6.07, 6.45) is 0. The number of nitrogens with zero attached hydrogens (tertiary/aromatic N) is 1. The highest BCUT2D eigenvalue weighted by Gasteiger charge is 2.08. The van der Waals surface area contributed by atoms with E-state index in [0.717, 1.165) is 21.4 Å². The molecule has 1 aromatic carbocycles. The minimum absolute atomic E-state index is 0.611. The average molecular weight is 274 g/mol. The molecule has 2 aromatic rings. The molecule has 0 radical (unpaired) electrons. The SMILES string of the molecule is CCOc1cccc(Sc2cc(C)cc(C)n2)c1N. The number of hydrogen-bond acceptors (Lipinski definition) is 4. The number of ether oxygens (including phenoxy) is 1. The molecular weight excluding hydrogens is 256 g/mol. The minimum atomic E-state index is 0.611. The minimum Gasteiger partial charge on any atom is -0.492 e. The molecule has 2 rings (SSSR count). The lowest BCUT2D eigenvalue weighted by Crippen LogP contribution is -1.98. The van der Waals surface area contributed by atoms with Gasteiger partial charge in [0.15, 0.2) is 0 Å². The maximum absolute atomic E-state index is 6.12. The molecule has 0 saturated heterocycles. The van der Waals surface area contributed by atoms with E-state index in [1.165, 1.54) is 5.56 Å². The molecule has 0 aliphatic heterocycles. The molecule has 0 saturated carbocycles. The van der Waals surface area contributed by atoms with Gasteiger partial charge < -0.3 is 10.5 Å². The lowest BCUT2D eigenvalue weighted by Gasteiger charge is -2.11. The van der Waals surface area contributed by atoms with Crippen LogP contribution < -0.4 is 10.5 Å². The fraction of sp³-hybridized carbons (Fsp3) is 0.267. The molecule has 100 valence electrons. The standard InChI is InChI=1S/C15H18N2OS/c1-4-18-12-6-5-7-13(15(12)16)19-14-9-10(2)8-11(3)17-14/h5-9H,4,16H2,1-3H3. The van der Waals surface area contributed by atoms with E-state index in [9.17, 15) is 0 Å². The van der Waals surface area contributed by atoms with Crippen LogP contribution in [0.5, 0.6) is 5.75 Å². The quantitative estimate of drug-likeness (QED) is 0.861. The van der Waals surface area contributed by atoms with Crippen LogP contribution in [0.25, 0.3) is 0 Å². The van der Waals surface area contributed by atoms with Gasteiger partial charge in [-0.25, -0.2) is 4.98 Å². The summed E-state index contributed by atoms with van der Waals surface area (Å²) in [5.74, 6) is 0.733. The summed E-state index contributed by atoms with van der Waals surface area (Å²) in [4.78, 5) is 5.49. The molecule has 0 unspecified atom stereocenters. The topological polar surface area (TPSA) is 48.1 Å². The van der Waals surface area contributed by atoms with Crippen LogP contribution in [0.4, 0.5) is 5.69 Å². The van der Waals surface area contributed by atoms with Crippen molar-refractivity contribution in [3.63, 3.8) is 0 Å². The number of nitrogen functional groups attached to an aromatic ring is 1. The van der Waals surface area contributed by atoms with E-state index in [4.69, 9.17) is 10.5 Å². The zero-order valence-corrected chi connectivity index (χ0v) is 12.3. The Morgan fingerprint density at radius 2 is 2.05 bits per heavy atom. The summed E-state index contributed by atoms with van der Waals surface area (Å²) in [5, 5.41) is 0.956. The molecule has 0 aliphatic rings. The number of benzene rings is 1. The maximum atomic E-state index is 6.12. The number of pyridine rings is 1. The highest BCUT2D eigenvalue weighted by atomic mass is 32.2. The fourth-order valence-corrected chi connectivity index (χ4v) is 2.88. The molecule has 1 heterocycles. The number of para-hydroxylation sites is 1. The summed E-state index contributed by atoms with van der Waals surface area (Å²) in [5.41, 5.74) is 9.01. The zero-order valence-electron chi connectivity index (χ0n) is 11.4. The Morgan fingerprint density at radius 1 is 1.26 bits per heavy atom. The molecule has 0 atom stereocenters. The zero-order chi connectivity index (χ0) is 13.8. The Hall–Kier alpha value is -1.68. The summed E-state index contributed by atoms with van der Waals surface area (Å²) in [7, 11) is 0. The van der Waals surface area contributed by atoms with E-state index < -0.39 is 0 Å². The summed E-state index contributed by atoms with van der Waals surface area (Å²) >= 11 is 1.57. The predicted molar refractivity (Wildman–Crippen MR) is 79.9 cm³/mol.